The molecule has 0 aromatic carbocycles. The van der Waals surface area contributed by atoms with Crippen molar-refractivity contribution in [1.29, 1.82) is 0 Å². The van der Waals surface area contributed by atoms with Crippen LogP contribution in [0.3, 0.4) is 0 Å². The number of nitrogens with two attached hydrogens (primary N) is 2. The fourth-order valence-corrected chi connectivity index (χ4v) is 0.0589. The van der Waals surface area contributed by atoms with Crippen molar-refractivity contribution in [3.8, 4) is 0 Å². The van der Waals surface area contributed by atoms with Gasteiger partial charge in [-0.05, 0) is 0 Å². The minimum atomic E-state index is 0.444. The molecule has 4 nitrogen and oxygen atoms in total. The fourth-order valence-electron chi connectivity index (χ4n) is 0.0589. The van der Waals surface area contributed by atoms with E-state index in [0.29, 0.717) is 7.55 Å². The topological polar surface area (TPSA) is 76.1 Å². The van der Waals surface area contributed by atoms with Crippen molar-refractivity contribution in [3.05, 3.63) is 0 Å². The maximum absolute atomic E-state index is 4.75. The van der Waals surface area contributed by atoms with Crippen LogP contribution in [0.25, 0.3) is 0 Å². The van der Waals surface area contributed by atoms with Crippen molar-refractivity contribution >= 4 is 7.55 Å². The summed E-state index contributed by atoms with van der Waals surface area (Å²) < 4.78 is 0. The second kappa shape index (κ2) is 3.90. The molecule has 0 aliphatic rings. The SMILES string of the molecule is NNBNN. The molecule has 0 atom stereocenters. The monoisotopic (exact) mass is 74.1 g/mol. The summed E-state index contributed by atoms with van der Waals surface area (Å²) in [5.74, 6) is 9.49. The van der Waals surface area contributed by atoms with E-state index in [0.717, 1.165) is 0 Å². The normalized spacial score (nSPS) is 7.60. The molecule has 0 aromatic heterocycles. The molecule has 30 valence electrons. The lowest BCUT2D eigenvalue weighted by molar-refractivity contribution is 0.977. The highest BCUT2D eigenvalue weighted by atomic mass is 15.3. The lowest BCUT2D eigenvalue weighted by atomic mass is 10.2. The maximum Gasteiger partial charge on any atom is 0.314 e. The molecule has 0 aliphatic heterocycles. The highest BCUT2D eigenvalue weighted by Crippen LogP contribution is 1.11. The number of hydrogen-bond acceptors (Lipinski definition) is 4. The van der Waals surface area contributed by atoms with Gasteiger partial charge in [-0.1, -0.05) is 0 Å². The van der Waals surface area contributed by atoms with Gasteiger partial charge < -0.3 is 0 Å². The molecule has 5 heteroatoms. The summed E-state index contributed by atoms with van der Waals surface area (Å²) in [5, 5.41) is 4.56. The van der Waals surface area contributed by atoms with Crippen molar-refractivity contribution < 1.29 is 0 Å². The van der Waals surface area contributed by atoms with E-state index in [1.807, 2.05) is 0 Å². The van der Waals surface area contributed by atoms with E-state index in [9.17, 15) is 0 Å². The first-order valence-electron chi connectivity index (χ1n) is 1.28. The van der Waals surface area contributed by atoms with Gasteiger partial charge in [0.1, 0.15) is 0 Å². The second-order valence-corrected chi connectivity index (χ2v) is 0.585. The van der Waals surface area contributed by atoms with E-state index in [4.69, 9.17) is 11.7 Å². The Kier molecular flexibility index (Phi) is 3.83. The van der Waals surface area contributed by atoms with Crippen LogP contribution < -0.4 is 22.4 Å². The highest BCUT2D eigenvalue weighted by molar-refractivity contribution is 6.27. The molecule has 0 aromatic rings. The first-order chi connectivity index (χ1) is 2.41. The molecule has 0 saturated carbocycles. The summed E-state index contributed by atoms with van der Waals surface area (Å²) >= 11 is 0. The summed E-state index contributed by atoms with van der Waals surface area (Å²) in [6, 6.07) is 0. The lowest BCUT2D eigenvalue weighted by Crippen LogP contribution is -2.41. The third-order valence-electron chi connectivity index (χ3n) is 0.204. The molecule has 0 saturated heterocycles. The van der Waals surface area contributed by atoms with Crippen LogP contribution >= 0.6 is 0 Å². The van der Waals surface area contributed by atoms with E-state index in [2.05, 4.69) is 10.7 Å². The minimum Gasteiger partial charge on any atom is -0.285 e. The Hall–Kier alpha value is -0.0951. The molecular weight excluding hydrogens is 66.8 g/mol. The standard InChI is InChI=1S/BH7N4/c2-4-1-5-3/h1,4-5H,2-3H2. The molecule has 0 radical (unpaired) electrons. The Morgan fingerprint density at radius 2 is 1.60 bits per heavy atom. The Morgan fingerprint density at radius 1 is 1.20 bits per heavy atom. The van der Waals surface area contributed by atoms with Crippen LogP contribution in [0.5, 0.6) is 0 Å². The Morgan fingerprint density at radius 3 is 1.60 bits per heavy atom. The van der Waals surface area contributed by atoms with E-state index in [1.165, 1.54) is 0 Å². The predicted octanol–water partition coefficient (Wildman–Crippen LogP) is -2.82. The molecule has 0 unspecified atom stereocenters. The van der Waals surface area contributed by atoms with E-state index >= 15 is 0 Å². The van der Waals surface area contributed by atoms with E-state index in [1.54, 1.807) is 0 Å². The minimum absolute atomic E-state index is 0.444. The quantitative estimate of drug-likeness (QED) is 0.162. The number of hydrazine groups is 2. The van der Waals surface area contributed by atoms with Gasteiger partial charge in [-0.2, -0.15) is 0 Å². The molecule has 0 spiro atoms. The van der Waals surface area contributed by atoms with Crippen LogP contribution in [-0.2, 0) is 0 Å². The largest absolute Gasteiger partial charge is 0.314 e. The van der Waals surface area contributed by atoms with Crippen molar-refractivity contribution in [3.63, 3.8) is 0 Å². The number of rotatable bonds is 2. The molecule has 0 aliphatic carbocycles. The van der Waals surface area contributed by atoms with Gasteiger partial charge in [0, 0.05) is 0 Å². The number of hydrogen-bond donors (Lipinski definition) is 4. The van der Waals surface area contributed by atoms with Gasteiger partial charge in [0.05, 0.1) is 0 Å². The second-order valence-electron chi connectivity index (χ2n) is 0.585. The fraction of sp³-hybridized carbons (Fsp3) is 0. The zero-order chi connectivity index (χ0) is 4.12. The average Bonchev–Trinajstić information content (AvgIpc) is 1.41. The molecule has 0 heterocycles. The lowest BCUT2D eigenvalue weighted by Gasteiger charge is -1.85. The van der Waals surface area contributed by atoms with E-state index < -0.39 is 0 Å². The predicted molar refractivity (Wildman–Crippen MR) is 21.8 cm³/mol. The molecule has 0 bridgehead atoms. The molecule has 0 fully saturated rings. The van der Waals surface area contributed by atoms with E-state index in [-0.39, 0.29) is 0 Å². The molecule has 6 N–H and O–H groups in total. The molecule has 0 rings (SSSR count). The maximum atomic E-state index is 4.75. The van der Waals surface area contributed by atoms with Crippen molar-refractivity contribution in [2.24, 2.45) is 11.7 Å². The first kappa shape index (κ1) is 4.90. The van der Waals surface area contributed by atoms with Gasteiger partial charge in [-0.15, -0.1) is 0 Å². The smallest absolute Gasteiger partial charge is 0.285 e. The summed E-state index contributed by atoms with van der Waals surface area (Å²) in [6.45, 7) is 0. The van der Waals surface area contributed by atoms with Crippen LogP contribution in [0.15, 0.2) is 0 Å². The van der Waals surface area contributed by atoms with Crippen molar-refractivity contribution in [1.82, 2.24) is 10.7 Å². The van der Waals surface area contributed by atoms with Gasteiger partial charge in [0.15, 0.2) is 0 Å². The molecule has 5 heavy (non-hydrogen) atoms. The Labute approximate surface area is 31.1 Å². The summed E-state index contributed by atoms with van der Waals surface area (Å²) in [5.41, 5.74) is 0. The highest BCUT2D eigenvalue weighted by Gasteiger charge is 1.69. The van der Waals surface area contributed by atoms with Gasteiger partial charge in [0.25, 0.3) is 0 Å². The van der Waals surface area contributed by atoms with Crippen LogP contribution in [-0.4, -0.2) is 7.55 Å². The van der Waals surface area contributed by atoms with Gasteiger partial charge in [0.2, 0.25) is 0 Å². The Balaban J connectivity index is 2.19. The van der Waals surface area contributed by atoms with Gasteiger partial charge >= 0.3 is 7.55 Å². The van der Waals surface area contributed by atoms with Gasteiger partial charge in [-0.25, -0.2) is 0 Å². The Bertz CT molecular complexity index is 11.1. The van der Waals surface area contributed by atoms with Crippen LogP contribution in [0, 0.1) is 0 Å². The number of nitrogens with one attached hydrogen (secondary N) is 2. The van der Waals surface area contributed by atoms with Crippen LogP contribution in [0.1, 0.15) is 0 Å². The zero-order valence-corrected chi connectivity index (χ0v) is 2.86. The van der Waals surface area contributed by atoms with Crippen LogP contribution in [0.4, 0.5) is 0 Å². The summed E-state index contributed by atoms with van der Waals surface area (Å²) in [4.78, 5) is 0. The first-order valence-corrected chi connectivity index (χ1v) is 1.28. The van der Waals surface area contributed by atoms with Crippen molar-refractivity contribution in [2.75, 3.05) is 0 Å². The summed E-state index contributed by atoms with van der Waals surface area (Å²) in [7, 11) is 0.444. The summed E-state index contributed by atoms with van der Waals surface area (Å²) in [6.07, 6.45) is 0. The average molecular weight is 73.9 g/mol. The molecule has 0 amide bonds. The third kappa shape index (κ3) is 3.90. The zero-order valence-electron chi connectivity index (χ0n) is 2.86. The van der Waals surface area contributed by atoms with Crippen molar-refractivity contribution in [2.45, 2.75) is 0 Å². The third-order valence-corrected chi connectivity index (χ3v) is 0.204. The van der Waals surface area contributed by atoms with Crippen LogP contribution in [0.2, 0.25) is 0 Å². The molecular formula is H7BN4. The van der Waals surface area contributed by atoms with Gasteiger partial charge in [-0.3, -0.25) is 22.4 Å².